The standard InChI is InChI=1S/C16H15NO3/c1-18-12-5-2-10(3-6-12)15-16(17-15)11-4-7-13-14(8-11)20-9-19-13/h2-8,15-17H,9H2,1H3/t15-,16-/m0/s1. The molecule has 0 saturated carbocycles. The molecule has 4 rings (SSSR count). The zero-order valence-corrected chi connectivity index (χ0v) is 11.1. The Hall–Kier alpha value is -2.20. The summed E-state index contributed by atoms with van der Waals surface area (Å²) in [5.41, 5.74) is 2.50. The summed E-state index contributed by atoms with van der Waals surface area (Å²) in [6.07, 6.45) is 0. The molecule has 0 spiro atoms. The van der Waals surface area contributed by atoms with Crippen molar-refractivity contribution < 1.29 is 14.2 Å². The summed E-state index contributed by atoms with van der Waals surface area (Å²) >= 11 is 0. The van der Waals surface area contributed by atoms with Crippen LogP contribution in [0.1, 0.15) is 23.2 Å². The van der Waals surface area contributed by atoms with Crippen molar-refractivity contribution in [1.29, 1.82) is 0 Å². The number of hydrogen-bond donors (Lipinski definition) is 1. The van der Waals surface area contributed by atoms with Crippen LogP contribution < -0.4 is 19.5 Å². The number of benzene rings is 2. The van der Waals surface area contributed by atoms with Crippen LogP contribution in [0.2, 0.25) is 0 Å². The molecule has 2 atom stereocenters. The minimum absolute atomic E-state index is 0.318. The fourth-order valence-electron chi connectivity index (χ4n) is 2.63. The Morgan fingerprint density at radius 3 is 2.45 bits per heavy atom. The number of fused-ring (bicyclic) bond motifs is 1. The molecule has 2 aliphatic rings. The van der Waals surface area contributed by atoms with Crippen molar-refractivity contribution in [2.45, 2.75) is 12.1 Å². The van der Waals surface area contributed by atoms with E-state index in [4.69, 9.17) is 14.2 Å². The van der Waals surface area contributed by atoms with E-state index in [0.717, 1.165) is 17.2 Å². The highest BCUT2D eigenvalue weighted by molar-refractivity contribution is 5.47. The van der Waals surface area contributed by atoms with Gasteiger partial charge in [-0.25, -0.2) is 0 Å². The van der Waals surface area contributed by atoms with Gasteiger partial charge in [-0.3, -0.25) is 5.32 Å². The van der Waals surface area contributed by atoms with Crippen molar-refractivity contribution in [3.8, 4) is 17.2 Å². The normalized spacial score (nSPS) is 22.6. The largest absolute Gasteiger partial charge is 0.497 e. The molecule has 20 heavy (non-hydrogen) atoms. The molecular weight excluding hydrogens is 254 g/mol. The third-order valence-corrected chi connectivity index (χ3v) is 3.81. The fourth-order valence-corrected chi connectivity index (χ4v) is 2.63. The van der Waals surface area contributed by atoms with E-state index in [-0.39, 0.29) is 0 Å². The zero-order chi connectivity index (χ0) is 13.5. The molecule has 2 heterocycles. The van der Waals surface area contributed by atoms with Crippen molar-refractivity contribution in [2.75, 3.05) is 13.9 Å². The Bertz CT molecular complexity index is 639. The van der Waals surface area contributed by atoms with Crippen LogP contribution in [0, 0.1) is 0 Å². The predicted molar refractivity (Wildman–Crippen MR) is 74.2 cm³/mol. The molecule has 0 aliphatic carbocycles. The molecule has 4 nitrogen and oxygen atoms in total. The maximum atomic E-state index is 5.42. The van der Waals surface area contributed by atoms with E-state index in [0.29, 0.717) is 18.9 Å². The van der Waals surface area contributed by atoms with E-state index >= 15 is 0 Å². The van der Waals surface area contributed by atoms with Crippen molar-refractivity contribution >= 4 is 0 Å². The van der Waals surface area contributed by atoms with E-state index in [1.807, 2.05) is 18.2 Å². The minimum atomic E-state index is 0.318. The van der Waals surface area contributed by atoms with Gasteiger partial charge in [0.2, 0.25) is 6.79 Å². The van der Waals surface area contributed by atoms with Crippen LogP contribution in [0.5, 0.6) is 17.2 Å². The number of methoxy groups -OCH3 is 1. The van der Waals surface area contributed by atoms with Crippen LogP contribution in [-0.4, -0.2) is 13.9 Å². The van der Waals surface area contributed by atoms with Crippen LogP contribution in [0.3, 0.4) is 0 Å². The second-order valence-electron chi connectivity index (χ2n) is 5.01. The first-order valence-corrected chi connectivity index (χ1v) is 6.65. The molecule has 4 heteroatoms. The molecule has 2 aromatic carbocycles. The molecule has 0 aromatic heterocycles. The van der Waals surface area contributed by atoms with Crippen LogP contribution >= 0.6 is 0 Å². The maximum Gasteiger partial charge on any atom is 0.231 e. The lowest BCUT2D eigenvalue weighted by molar-refractivity contribution is 0.174. The lowest BCUT2D eigenvalue weighted by atomic mass is 10.0. The first-order valence-electron chi connectivity index (χ1n) is 6.65. The molecular formula is C16H15NO3. The maximum absolute atomic E-state index is 5.42. The molecule has 1 fully saturated rings. The second kappa shape index (κ2) is 4.42. The third kappa shape index (κ3) is 1.89. The summed E-state index contributed by atoms with van der Waals surface area (Å²) in [4.78, 5) is 0. The van der Waals surface area contributed by atoms with Crippen molar-refractivity contribution in [1.82, 2.24) is 5.32 Å². The number of hydrogen-bond acceptors (Lipinski definition) is 4. The van der Waals surface area contributed by atoms with E-state index in [1.54, 1.807) is 7.11 Å². The minimum Gasteiger partial charge on any atom is -0.497 e. The van der Waals surface area contributed by atoms with Crippen LogP contribution in [-0.2, 0) is 0 Å². The number of rotatable bonds is 3. The van der Waals surface area contributed by atoms with Gasteiger partial charge in [0.25, 0.3) is 0 Å². The fraction of sp³-hybridized carbons (Fsp3) is 0.250. The molecule has 0 unspecified atom stereocenters. The number of nitrogens with one attached hydrogen (secondary N) is 1. The van der Waals surface area contributed by atoms with E-state index in [2.05, 4.69) is 29.6 Å². The van der Waals surface area contributed by atoms with E-state index < -0.39 is 0 Å². The summed E-state index contributed by atoms with van der Waals surface area (Å²) < 4.78 is 15.9. The van der Waals surface area contributed by atoms with Crippen LogP contribution in [0.15, 0.2) is 42.5 Å². The summed E-state index contributed by atoms with van der Waals surface area (Å²) in [6, 6.07) is 15.0. The van der Waals surface area contributed by atoms with Crippen molar-refractivity contribution in [2.24, 2.45) is 0 Å². The Balaban J connectivity index is 1.54. The second-order valence-corrected chi connectivity index (χ2v) is 5.01. The van der Waals surface area contributed by atoms with Gasteiger partial charge in [-0.2, -0.15) is 0 Å². The molecule has 0 amide bonds. The Kier molecular flexibility index (Phi) is 2.57. The summed E-state index contributed by atoms with van der Waals surface area (Å²) in [5.74, 6) is 2.55. The highest BCUT2D eigenvalue weighted by Gasteiger charge is 2.39. The Morgan fingerprint density at radius 1 is 0.950 bits per heavy atom. The molecule has 2 aromatic rings. The lowest BCUT2D eigenvalue weighted by Crippen LogP contribution is -1.92. The molecule has 0 bridgehead atoms. The van der Waals surface area contributed by atoms with Gasteiger partial charge in [-0.1, -0.05) is 18.2 Å². The third-order valence-electron chi connectivity index (χ3n) is 3.81. The van der Waals surface area contributed by atoms with Gasteiger partial charge in [0.05, 0.1) is 19.2 Å². The quantitative estimate of drug-likeness (QED) is 0.870. The summed E-state index contributed by atoms with van der Waals surface area (Å²) in [6.45, 7) is 0.318. The highest BCUT2D eigenvalue weighted by Crippen LogP contribution is 2.45. The highest BCUT2D eigenvalue weighted by atomic mass is 16.7. The van der Waals surface area contributed by atoms with Gasteiger partial charge < -0.3 is 14.2 Å². The Morgan fingerprint density at radius 2 is 1.65 bits per heavy atom. The molecule has 1 N–H and O–H groups in total. The summed E-state index contributed by atoms with van der Waals surface area (Å²) in [5, 5.41) is 3.49. The monoisotopic (exact) mass is 269 g/mol. The van der Waals surface area contributed by atoms with Gasteiger partial charge in [0.15, 0.2) is 11.5 Å². The first kappa shape index (κ1) is 11.6. The van der Waals surface area contributed by atoms with Gasteiger partial charge in [0.1, 0.15) is 5.75 Å². The van der Waals surface area contributed by atoms with E-state index in [1.165, 1.54) is 11.1 Å². The molecule has 102 valence electrons. The average molecular weight is 269 g/mol. The number of ether oxygens (including phenoxy) is 3. The van der Waals surface area contributed by atoms with Crippen molar-refractivity contribution in [3.05, 3.63) is 53.6 Å². The average Bonchev–Trinajstić information content (AvgIpc) is 3.17. The Labute approximate surface area is 117 Å². The molecule has 0 radical (unpaired) electrons. The van der Waals surface area contributed by atoms with Gasteiger partial charge >= 0.3 is 0 Å². The van der Waals surface area contributed by atoms with Crippen LogP contribution in [0.25, 0.3) is 0 Å². The first-order chi connectivity index (χ1) is 9.85. The zero-order valence-electron chi connectivity index (χ0n) is 11.1. The van der Waals surface area contributed by atoms with Gasteiger partial charge in [-0.15, -0.1) is 0 Å². The van der Waals surface area contributed by atoms with Gasteiger partial charge in [0, 0.05) is 0 Å². The van der Waals surface area contributed by atoms with Crippen molar-refractivity contribution in [3.63, 3.8) is 0 Å². The van der Waals surface area contributed by atoms with Crippen LogP contribution in [0.4, 0.5) is 0 Å². The molecule has 2 aliphatic heterocycles. The smallest absolute Gasteiger partial charge is 0.231 e. The topological polar surface area (TPSA) is 49.6 Å². The molecule has 1 saturated heterocycles. The summed E-state index contributed by atoms with van der Waals surface area (Å²) in [7, 11) is 1.68. The SMILES string of the molecule is COc1ccc([C@@H]2N[C@H]2c2ccc3c(c2)OCO3)cc1. The van der Waals surface area contributed by atoms with E-state index in [9.17, 15) is 0 Å². The van der Waals surface area contributed by atoms with Gasteiger partial charge in [-0.05, 0) is 35.4 Å². The predicted octanol–water partition coefficient (Wildman–Crippen LogP) is 2.81. The lowest BCUT2D eigenvalue weighted by Gasteiger charge is -2.03.